The normalized spacial score (nSPS) is 19.1. The molecule has 0 radical (unpaired) electrons. The summed E-state index contributed by atoms with van der Waals surface area (Å²) < 4.78 is 31.9. The first-order chi connectivity index (χ1) is 13.5. The van der Waals surface area contributed by atoms with Crippen molar-refractivity contribution in [3.8, 4) is 0 Å². The van der Waals surface area contributed by atoms with Crippen molar-refractivity contribution < 1.29 is 22.7 Å². The van der Waals surface area contributed by atoms with Gasteiger partial charge in [-0.3, -0.25) is 9.59 Å². The van der Waals surface area contributed by atoms with Gasteiger partial charge in [-0.15, -0.1) is 0 Å². The van der Waals surface area contributed by atoms with Crippen LogP contribution in [0.5, 0.6) is 0 Å². The van der Waals surface area contributed by atoms with Gasteiger partial charge in [0.15, 0.2) is 6.61 Å². The molecule has 0 spiro atoms. The SMILES string of the molecule is O=C(COC(=O)C1CCCCC1)Nc1ccc(S(=O)(=O)N2CCCCC2)cc1. The van der Waals surface area contributed by atoms with Crippen LogP contribution in [-0.2, 0) is 24.3 Å². The molecule has 8 heteroatoms. The third kappa shape index (κ3) is 5.32. The van der Waals surface area contributed by atoms with Crippen LogP contribution in [0.1, 0.15) is 51.4 Å². The Balaban J connectivity index is 1.50. The fourth-order valence-corrected chi connectivity index (χ4v) is 5.27. The second kappa shape index (κ2) is 9.52. The molecule has 2 fully saturated rings. The molecule has 0 atom stereocenters. The third-order valence-corrected chi connectivity index (χ3v) is 7.29. The highest BCUT2D eigenvalue weighted by Gasteiger charge is 2.26. The van der Waals surface area contributed by atoms with Gasteiger partial charge in [0.05, 0.1) is 10.8 Å². The zero-order valence-electron chi connectivity index (χ0n) is 16.1. The molecule has 28 heavy (non-hydrogen) atoms. The minimum Gasteiger partial charge on any atom is -0.455 e. The van der Waals surface area contributed by atoms with Crippen molar-refractivity contribution in [3.63, 3.8) is 0 Å². The van der Waals surface area contributed by atoms with Gasteiger partial charge in [-0.2, -0.15) is 4.31 Å². The average Bonchev–Trinajstić information content (AvgIpc) is 2.73. The molecule has 1 amide bonds. The van der Waals surface area contributed by atoms with Gasteiger partial charge < -0.3 is 10.1 Å². The topological polar surface area (TPSA) is 92.8 Å². The summed E-state index contributed by atoms with van der Waals surface area (Å²) in [6.07, 6.45) is 7.67. The number of benzene rings is 1. The van der Waals surface area contributed by atoms with Crippen LogP contribution in [-0.4, -0.2) is 44.3 Å². The van der Waals surface area contributed by atoms with Crippen LogP contribution in [0.15, 0.2) is 29.2 Å². The Hall–Kier alpha value is -1.93. The Morgan fingerprint density at radius 3 is 2.21 bits per heavy atom. The molecule has 0 bridgehead atoms. The van der Waals surface area contributed by atoms with Crippen molar-refractivity contribution in [1.82, 2.24) is 4.31 Å². The second-order valence-corrected chi connectivity index (χ2v) is 9.42. The molecule has 0 aromatic heterocycles. The zero-order chi connectivity index (χ0) is 20.0. The fraction of sp³-hybridized carbons (Fsp3) is 0.600. The van der Waals surface area contributed by atoms with Crippen LogP contribution in [0.2, 0.25) is 0 Å². The van der Waals surface area contributed by atoms with Crippen molar-refractivity contribution in [2.45, 2.75) is 56.3 Å². The minimum atomic E-state index is -3.49. The summed E-state index contributed by atoms with van der Waals surface area (Å²) in [6.45, 7) is 0.767. The summed E-state index contributed by atoms with van der Waals surface area (Å²) in [4.78, 5) is 24.2. The number of piperidine rings is 1. The van der Waals surface area contributed by atoms with Gasteiger partial charge in [0.2, 0.25) is 10.0 Å². The van der Waals surface area contributed by atoms with Crippen LogP contribution in [0, 0.1) is 5.92 Å². The van der Waals surface area contributed by atoms with E-state index in [4.69, 9.17) is 4.74 Å². The van der Waals surface area contributed by atoms with Gasteiger partial charge in [0.1, 0.15) is 0 Å². The molecule has 3 rings (SSSR count). The summed E-state index contributed by atoms with van der Waals surface area (Å²) in [7, 11) is -3.49. The number of nitrogens with zero attached hydrogens (tertiary/aromatic N) is 1. The molecule has 1 aliphatic carbocycles. The number of sulfonamides is 1. The Kier molecular flexibility index (Phi) is 7.07. The lowest BCUT2D eigenvalue weighted by Crippen LogP contribution is -2.35. The van der Waals surface area contributed by atoms with Gasteiger partial charge in [0.25, 0.3) is 5.91 Å². The number of carbonyl (C=O) groups excluding carboxylic acids is 2. The van der Waals surface area contributed by atoms with Gasteiger partial charge in [-0.1, -0.05) is 25.7 Å². The van der Waals surface area contributed by atoms with E-state index in [0.717, 1.165) is 51.4 Å². The molecule has 1 aromatic carbocycles. The van der Waals surface area contributed by atoms with Crippen LogP contribution in [0.25, 0.3) is 0 Å². The Morgan fingerprint density at radius 2 is 1.57 bits per heavy atom. The number of anilines is 1. The second-order valence-electron chi connectivity index (χ2n) is 7.48. The maximum absolute atomic E-state index is 12.6. The lowest BCUT2D eigenvalue weighted by atomic mass is 9.89. The summed E-state index contributed by atoms with van der Waals surface area (Å²) in [6, 6.07) is 6.09. The maximum Gasteiger partial charge on any atom is 0.309 e. The average molecular weight is 409 g/mol. The number of esters is 1. The molecular weight excluding hydrogens is 380 g/mol. The van der Waals surface area contributed by atoms with E-state index in [1.54, 1.807) is 12.1 Å². The predicted molar refractivity (Wildman–Crippen MR) is 105 cm³/mol. The third-order valence-electron chi connectivity index (χ3n) is 5.37. The van der Waals surface area contributed by atoms with Gasteiger partial charge in [-0.25, -0.2) is 8.42 Å². The van der Waals surface area contributed by atoms with Crippen molar-refractivity contribution in [2.24, 2.45) is 5.92 Å². The molecule has 1 aromatic rings. The predicted octanol–water partition coefficient (Wildman–Crippen LogP) is 2.92. The quantitative estimate of drug-likeness (QED) is 0.731. The van der Waals surface area contributed by atoms with E-state index in [9.17, 15) is 18.0 Å². The highest BCUT2D eigenvalue weighted by Crippen LogP contribution is 2.25. The summed E-state index contributed by atoms with van der Waals surface area (Å²) in [5.41, 5.74) is 0.469. The molecule has 1 saturated carbocycles. The lowest BCUT2D eigenvalue weighted by molar-refractivity contribution is -0.152. The summed E-state index contributed by atoms with van der Waals surface area (Å²) >= 11 is 0. The monoisotopic (exact) mass is 408 g/mol. The number of carbonyl (C=O) groups is 2. The van der Waals surface area contributed by atoms with E-state index >= 15 is 0 Å². The number of amides is 1. The highest BCUT2D eigenvalue weighted by atomic mass is 32.2. The van der Waals surface area contributed by atoms with Crippen molar-refractivity contribution in [3.05, 3.63) is 24.3 Å². The largest absolute Gasteiger partial charge is 0.455 e. The maximum atomic E-state index is 12.6. The molecule has 1 heterocycles. The Bertz CT molecular complexity index is 779. The van der Waals surface area contributed by atoms with E-state index in [-0.39, 0.29) is 23.4 Å². The van der Waals surface area contributed by atoms with E-state index in [1.165, 1.54) is 16.4 Å². The smallest absolute Gasteiger partial charge is 0.309 e. The van der Waals surface area contributed by atoms with Gasteiger partial charge in [0, 0.05) is 18.8 Å². The van der Waals surface area contributed by atoms with E-state index in [1.807, 2.05) is 0 Å². The molecule has 1 N–H and O–H groups in total. The van der Waals surface area contributed by atoms with Crippen molar-refractivity contribution >= 4 is 27.6 Å². The number of hydrogen-bond donors (Lipinski definition) is 1. The standard InChI is InChI=1S/C20H28N2O5S/c23-19(15-27-20(24)16-7-3-1-4-8-16)21-17-9-11-18(12-10-17)28(25,26)22-13-5-2-6-14-22/h9-12,16H,1-8,13-15H2,(H,21,23). The fourth-order valence-electron chi connectivity index (χ4n) is 3.75. The summed E-state index contributed by atoms with van der Waals surface area (Å²) in [5, 5.41) is 2.63. The molecule has 2 aliphatic rings. The first-order valence-corrected chi connectivity index (χ1v) is 11.5. The lowest BCUT2D eigenvalue weighted by Gasteiger charge is -2.25. The van der Waals surface area contributed by atoms with Crippen molar-refractivity contribution in [2.75, 3.05) is 25.0 Å². The number of rotatable bonds is 6. The summed E-state index contributed by atoms with van der Waals surface area (Å²) in [5.74, 6) is -0.838. The first-order valence-electron chi connectivity index (χ1n) is 10.0. The van der Waals surface area contributed by atoms with Gasteiger partial charge >= 0.3 is 5.97 Å². The molecule has 154 valence electrons. The number of hydrogen-bond acceptors (Lipinski definition) is 5. The number of nitrogens with one attached hydrogen (secondary N) is 1. The Morgan fingerprint density at radius 1 is 0.964 bits per heavy atom. The molecule has 7 nitrogen and oxygen atoms in total. The molecule has 1 saturated heterocycles. The van der Waals surface area contributed by atoms with Crippen LogP contribution in [0.3, 0.4) is 0 Å². The number of ether oxygens (including phenoxy) is 1. The minimum absolute atomic E-state index is 0.0965. The first kappa shape index (κ1) is 20.8. The zero-order valence-corrected chi connectivity index (χ0v) is 16.9. The Labute approximate surface area is 166 Å². The molecule has 1 aliphatic heterocycles. The highest BCUT2D eigenvalue weighted by molar-refractivity contribution is 7.89. The van der Waals surface area contributed by atoms with Crippen molar-refractivity contribution in [1.29, 1.82) is 0 Å². The molecular formula is C20H28N2O5S. The van der Waals surface area contributed by atoms with E-state index in [2.05, 4.69) is 5.32 Å². The van der Waals surface area contributed by atoms with Crippen LogP contribution >= 0.6 is 0 Å². The van der Waals surface area contributed by atoms with E-state index in [0.29, 0.717) is 18.8 Å². The van der Waals surface area contributed by atoms with E-state index < -0.39 is 15.9 Å². The van der Waals surface area contributed by atoms with Crippen LogP contribution in [0.4, 0.5) is 5.69 Å². The van der Waals surface area contributed by atoms with Gasteiger partial charge in [-0.05, 0) is 49.9 Å². The molecule has 0 unspecified atom stereocenters. The van der Waals surface area contributed by atoms with Crippen LogP contribution < -0.4 is 5.32 Å².